The highest BCUT2D eigenvalue weighted by atomic mass is 16.6. The Morgan fingerprint density at radius 1 is 1.30 bits per heavy atom. The molecule has 0 aliphatic carbocycles. The number of nitro groups is 2. The smallest absolute Gasteiger partial charge is 0.301 e. The van der Waals surface area contributed by atoms with Gasteiger partial charge in [0.05, 0.1) is 27.2 Å². The molecule has 1 rings (SSSR count). The third-order valence-electron chi connectivity index (χ3n) is 2.62. The minimum atomic E-state index is -1.18. The van der Waals surface area contributed by atoms with E-state index < -0.39 is 21.1 Å². The molecule has 108 valence electrons. The Kier molecular flexibility index (Phi) is 4.35. The first-order chi connectivity index (χ1) is 9.12. The number of benzene rings is 1. The summed E-state index contributed by atoms with van der Waals surface area (Å²) in [5, 5.41) is 35.0. The van der Waals surface area contributed by atoms with Crippen LogP contribution in [0.25, 0.3) is 0 Å². The maximum atomic E-state index is 10.9. The van der Waals surface area contributed by atoms with Crippen LogP contribution in [0.4, 0.5) is 17.1 Å². The molecular weight excluding hydrogens is 268 g/mol. The molecule has 1 aromatic carbocycles. The summed E-state index contributed by atoms with van der Waals surface area (Å²) >= 11 is 0. The molecule has 0 atom stereocenters. The van der Waals surface area contributed by atoms with Gasteiger partial charge in [0.15, 0.2) is 0 Å². The van der Waals surface area contributed by atoms with Crippen LogP contribution in [-0.4, -0.2) is 26.3 Å². The summed E-state index contributed by atoms with van der Waals surface area (Å²) in [5.74, 6) is 0. The summed E-state index contributed by atoms with van der Waals surface area (Å²) in [6.45, 7) is 4.57. The highest BCUT2D eigenvalue weighted by Crippen LogP contribution is 2.29. The Bertz CT molecular complexity index is 577. The quantitative estimate of drug-likeness (QED) is 0.482. The predicted molar refractivity (Wildman–Crippen MR) is 72.8 cm³/mol. The molecular formula is C11H14N4O5. The summed E-state index contributed by atoms with van der Waals surface area (Å²) in [5.41, 5.74) is 0.717. The van der Waals surface area contributed by atoms with E-state index in [4.69, 9.17) is 0 Å². The lowest BCUT2D eigenvalue weighted by atomic mass is 10.1. The van der Waals surface area contributed by atoms with E-state index in [1.165, 1.54) is 19.9 Å². The molecule has 0 unspecified atom stereocenters. The zero-order valence-corrected chi connectivity index (χ0v) is 11.2. The average molecular weight is 282 g/mol. The van der Waals surface area contributed by atoms with Gasteiger partial charge in [0.25, 0.3) is 5.69 Å². The molecule has 0 bridgehead atoms. The predicted octanol–water partition coefficient (Wildman–Crippen LogP) is 2.06. The number of rotatable bonds is 5. The molecule has 1 aromatic rings. The monoisotopic (exact) mass is 282 g/mol. The first kappa shape index (κ1) is 15.5. The lowest BCUT2D eigenvalue weighted by Crippen LogP contribution is -2.29. The summed E-state index contributed by atoms with van der Waals surface area (Å²) < 4.78 is 0. The van der Waals surface area contributed by atoms with Crippen molar-refractivity contribution in [2.45, 2.75) is 26.4 Å². The molecule has 9 heteroatoms. The SMILES string of the molecule is CC(=NNc1ccc([N+](=O)[O-])cc1[N+](=O)[O-])C(C)(C)O. The number of nitrogens with zero attached hydrogens (tertiary/aromatic N) is 3. The second-order valence-corrected chi connectivity index (χ2v) is 4.58. The number of hydrogen-bond acceptors (Lipinski definition) is 7. The van der Waals surface area contributed by atoms with Crippen molar-refractivity contribution in [2.24, 2.45) is 5.10 Å². The van der Waals surface area contributed by atoms with Crippen LogP contribution in [0, 0.1) is 20.2 Å². The van der Waals surface area contributed by atoms with Crippen molar-refractivity contribution in [3.63, 3.8) is 0 Å². The molecule has 0 radical (unpaired) electrons. The highest BCUT2D eigenvalue weighted by Gasteiger charge is 2.20. The van der Waals surface area contributed by atoms with Crippen LogP contribution >= 0.6 is 0 Å². The molecule has 0 fully saturated rings. The van der Waals surface area contributed by atoms with Crippen LogP contribution in [0.5, 0.6) is 0 Å². The lowest BCUT2D eigenvalue weighted by Gasteiger charge is -2.16. The topological polar surface area (TPSA) is 131 Å². The molecule has 0 saturated carbocycles. The van der Waals surface area contributed by atoms with Crippen molar-refractivity contribution >= 4 is 22.8 Å². The number of hydrogen-bond donors (Lipinski definition) is 2. The molecule has 9 nitrogen and oxygen atoms in total. The van der Waals surface area contributed by atoms with Gasteiger partial charge in [0.1, 0.15) is 5.69 Å². The van der Waals surface area contributed by atoms with E-state index in [0.29, 0.717) is 5.71 Å². The second-order valence-electron chi connectivity index (χ2n) is 4.58. The largest absolute Gasteiger partial charge is 0.384 e. The van der Waals surface area contributed by atoms with Crippen LogP contribution in [0.1, 0.15) is 20.8 Å². The molecule has 0 amide bonds. The standard InChI is InChI=1S/C11H14N4O5/c1-7(11(2,3)16)12-13-9-5-4-8(14(17)18)6-10(9)15(19)20/h4-6,13,16H,1-3H3. The maximum Gasteiger partial charge on any atom is 0.301 e. The van der Waals surface area contributed by atoms with Crippen LogP contribution in [0.2, 0.25) is 0 Å². The number of aliphatic hydroxyl groups is 1. The second kappa shape index (κ2) is 5.61. The van der Waals surface area contributed by atoms with Gasteiger partial charge in [-0.3, -0.25) is 25.7 Å². The zero-order chi connectivity index (χ0) is 15.5. The van der Waals surface area contributed by atoms with Crippen molar-refractivity contribution < 1.29 is 15.0 Å². The Morgan fingerprint density at radius 3 is 2.35 bits per heavy atom. The van der Waals surface area contributed by atoms with Crippen molar-refractivity contribution in [3.05, 3.63) is 38.4 Å². The van der Waals surface area contributed by atoms with E-state index in [0.717, 1.165) is 12.1 Å². The van der Waals surface area contributed by atoms with Crippen molar-refractivity contribution in [2.75, 3.05) is 5.43 Å². The van der Waals surface area contributed by atoms with E-state index >= 15 is 0 Å². The average Bonchev–Trinajstić information content (AvgIpc) is 2.34. The molecule has 0 spiro atoms. The van der Waals surface area contributed by atoms with Gasteiger partial charge in [0.2, 0.25) is 0 Å². The minimum Gasteiger partial charge on any atom is -0.384 e. The van der Waals surface area contributed by atoms with Gasteiger partial charge in [-0.05, 0) is 26.8 Å². The first-order valence-electron chi connectivity index (χ1n) is 5.59. The molecule has 2 N–H and O–H groups in total. The Hall–Kier alpha value is -2.55. The fraction of sp³-hybridized carbons (Fsp3) is 0.364. The number of nitrogens with one attached hydrogen (secondary N) is 1. The van der Waals surface area contributed by atoms with Gasteiger partial charge < -0.3 is 5.11 Å². The highest BCUT2D eigenvalue weighted by molar-refractivity contribution is 5.90. The van der Waals surface area contributed by atoms with Crippen LogP contribution in [0.15, 0.2) is 23.3 Å². The number of anilines is 1. The molecule has 20 heavy (non-hydrogen) atoms. The summed E-state index contributed by atoms with van der Waals surface area (Å²) in [4.78, 5) is 20.0. The van der Waals surface area contributed by atoms with E-state index in [1.807, 2.05) is 0 Å². The van der Waals surface area contributed by atoms with Gasteiger partial charge in [-0.15, -0.1) is 0 Å². The normalized spacial score (nSPS) is 12.1. The Labute approximate surface area is 114 Å². The number of non-ortho nitro benzene ring substituents is 1. The van der Waals surface area contributed by atoms with E-state index in [9.17, 15) is 25.3 Å². The van der Waals surface area contributed by atoms with Crippen molar-refractivity contribution in [1.29, 1.82) is 0 Å². The van der Waals surface area contributed by atoms with E-state index in [-0.39, 0.29) is 11.4 Å². The van der Waals surface area contributed by atoms with Gasteiger partial charge in [-0.2, -0.15) is 5.10 Å². The molecule has 0 saturated heterocycles. The first-order valence-corrected chi connectivity index (χ1v) is 5.59. The van der Waals surface area contributed by atoms with Crippen LogP contribution in [-0.2, 0) is 0 Å². The van der Waals surface area contributed by atoms with Crippen molar-refractivity contribution in [1.82, 2.24) is 0 Å². The molecule has 0 aliphatic rings. The van der Waals surface area contributed by atoms with Gasteiger partial charge in [0, 0.05) is 6.07 Å². The summed E-state index contributed by atoms with van der Waals surface area (Å²) in [6.07, 6.45) is 0. The Balaban J connectivity index is 3.13. The van der Waals surface area contributed by atoms with Crippen LogP contribution < -0.4 is 5.43 Å². The summed E-state index contributed by atoms with van der Waals surface area (Å²) in [6, 6.07) is 3.17. The molecule has 0 aliphatic heterocycles. The summed E-state index contributed by atoms with van der Waals surface area (Å²) in [7, 11) is 0. The van der Waals surface area contributed by atoms with E-state index in [2.05, 4.69) is 10.5 Å². The third kappa shape index (κ3) is 3.72. The van der Waals surface area contributed by atoms with E-state index in [1.54, 1.807) is 6.92 Å². The zero-order valence-electron chi connectivity index (χ0n) is 11.2. The number of nitro benzene ring substituents is 2. The van der Waals surface area contributed by atoms with Crippen molar-refractivity contribution in [3.8, 4) is 0 Å². The number of hydrazone groups is 1. The molecule has 0 heterocycles. The lowest BCUT2D eigenvalue weighted by molar-refractivity contribution is -0.393. The van der Waals surface area contributed by atoms with Gasteiger partial charge in [-0.1, -0.05) is 0 Å². The maximum absolute atomic E-state index is 10.9. The van der Waals surface area contributed by atoms with Crippen LogP contribution in [0.3, 0.4) is 0 Å². The fourth-order valence-electron chi connectivity index (χ4n) is 1.16. The van der Waals surface area contributed by atoms with Gasteiger partial charge >= 0.3 is 5.69 Å². The fourth-order valence-corrected chi connectivity index (χ4v) is 1.16. The molecule has 0 aromatic heterocycles. The Morgan fingerprint density at radius 2 is 1.90 bits per heavy atom. The minimum absolute atomic E-state index is 0.00389. The van der Waals surface area contributed by atoms with Gasteiger partial charge in [-0.25, -0.2) is 0 Å². The third-order valence-corrected chi connectivity index (χ3v) is 2.62.